The Bertz CT molecular complexity index is 1150. The van der Waals surface area contributed by atoms with Crippen LogP contribution in [0.3, 0.4) is 0 Å². The summed E-state index contributed by atoms with van der Waals surface area (Å²) >= 11 is 0. The molecule has 2 heterocycles. The fourth-order valence-corrected chi connectivity index (χ4v) is 2.84. The molecule has 0 bridgehead atoms. The minimum absolute atomic E-state index is 0.105. The standard InChI is InChI=1S/C21H15F3N4O2/c22-21(23,24)16-5-3-4-14(12-16)13-25-19(29)20-26-18(27-30-20)15-6-8-17(9-7-15)28-10-1-2-11-28/h1-12H,13H2,(H,25,29). The second-order valence-electron chi connectivity index (χ2n) is 6.44. The smallest absolute Gasteiger partial charge is 0.344 e. The highest BCUT2D eigenvalue weighted by molar-refractivity contribution is 5.89. The van der Waals surface area contributed by atoms with E-state index >= 15 is 0 Å². The Morgan fingerprint density at radius 3 is 2.47 bits per heavy atom. The molecule has 0 spiro atoms. The Kier molecular flexibility index (Phi) is 5.09. The van der Waals surface area contributed by atoms with Gasteiger partial charge < -0.3 is 14.4 Å². The minimum Gasteiger partial charge on any atom is -0.344 e. The van der Waals surface area contributed by atoms with Gasteiger partial charge in [0.15, 0.2) is 0 Å². The largest absolute Gasteiger partial charge is 0.416 e. The van der Waals surface area contributed by atoms with E-state index in [0.29, 0.717) is 11.1 Å². The van der Waals surface area contributed by atoms with Crippen LogP contribution in [0.15, 0.2) is 77.6 Å². The molecule has 4 rings (SSSR count). The molecule has 2 aromatic heterocycles. The Balaban J connectivity index is 1.42. The van der Waals surface area contributed by atoms with Crippen LogP contribution >= 0.6 is 0 Å². The second kappa shape index (κ2) is 7.86. The zero-order chi connectivity index (χ0) is 21.1. The summed E-state index contributed by atoms with van der Waals surface area (Å²) in [7, 11) is 0. The van der Waals surface area contributed by atoms with Gasteiger partial charge in [-0.15, -0.1) is 0 Å². The summed E-state index contributed by atoms with van der Waals surface area (Å²) in [4.78, 5) is 16.3. The number of benzene rings is 2. The molecule has 0 aliphatic rings. The number of carbonyl (C=O) groups excluding carboxylic acids is 1. The van der Waals surface area contributed by atoms with E-state index in [-0.39, 0.29) is 18.3 Å². The molecule has 0 unspecified atom stereocenters. The summed E-state index contributed by atoms with van der Waals surface area (Å²) in [6, 6.07) is 15.9. The fourth-order valence-electron chi connectivity index (χ4n) is 2.84. The predicted octanol–water partition coefficient (Wildman–Crippen LogP) is 4.48. The van der Waals surface area contributed by atoms with Gasteiger partial charge in [-0.1, -0.05) is 17.3 Å². The lowest BCUT2D eigenvalue weighted by Gasteiger charge is -2.08. The van der Waals surface area contributed by atoms with Crippen LogP contribution in [0, 0.1) is 0 Å². The van der Waals surface area contributed by atoms with Gasteiger partial charge in [0, 0.05) is 30.2 Å². The van der Waals surface area contributed by atoms with Gasteiger partial charge in [-0.3, -0.25) is 4.79 Å². The van der Waals surface area contributed by atoms with Crippen LogP contribution in [0.4, 0.5) is 13.2 Å². The highest BCUT2D eigenvalue weighted by Crippen LogP contribution is 2.29. The predicted molar refractivity (Wildman–Crippen MR) is 102 cm³/mol. The monoisotopic (exact) mass is 412 g/mol. The third-order valence-corrected chi connectivity index (χ3v) is 4.36. The van der Waals surface area contributed by atoms with E-state index in [2.05, 4.69) is 15.5 Å². The Hall–Kier alpha value is -3.88. The number of hydrogen-bond acceptors (Lipinski definition) is 4. The third-order valence-electron chi connectivity index (χ3n) is 4.36. The number of carbonyl (C=O) groups is 1. The first kappa shape index (κ1) is 19.4. The van der Waals surface area contributed by atoms with E-state index < -0.39 is 17.6 Å². The van der Waals surface area contributed by atoms with Crippen LogP contribution in [0.1, 0.15) is 21.8 Å². The second-order valence-corrected chi connectivity index (χ2v) is 6.44. The van der Waals surface area contributed by atoms with Crippen LogP contribution in [0.2, 0.25) is 0 Å². The average Bonchev–Trinajstić information content (AvgIpc) is 3.44. The van der Waals surface area contributed by atoms with E-state index in [0.717, 1.165) is 17.8 Å². The van der Waals surface area contributed by atoms with E-state index in [1.165, 1.54) is 12.1 Å². The van der Waals surface area contributed by atoms with E-state index in [1.54, 1.807) is 12.1 Å². The molecule has 0 aliphatic heterocycles. The maximum absolute atomic E-state index is 12.8. The zero-order valence-electron chi connectivity index (χ0n) is 15.4. The normalized spacial score (nSPS) is 11.4. The third kappa shape index (κ3) is 4.24. The average molecular weight is 412 g/mol. The number of amides is 1. The lowest BCUT2D eigenvalue weighted by Crippen LogP contribution is -2.23. The zero-order valence-corrected chi connectivity index (χ0v) is 15.4. The van der Waals surface area contributed by atoms with Crippen LogP contribution in [-0.4, -0.2) is 20.6 Å². The number of alkyl halides is 3. The van der Waals surface area contributed by atoms with Crippen molar-refractivity contribution in [2.45, 2.75) is 12.7 Å². The van der Waals surface area contributed by atoms with Crippen molar-refractivity contribution in [2.75, 3.05) is 0 Å². The molecular weight excluding hydrogens is 397 g/mol. The van der Waals surface area contributed by atoms with Gasteiger partial charge in [0.2, 0.25) is 5.82 Å². The van der Waals surface area contributed by atoms with Gasteiger partial charge in [0.25, 0.3) is 0 Å². The van der Waals surface area contributed by atoms with Crippen LogP contribution in [-0.2, 0) is 12.7 Å². The molecule has 0 saturated heterocycles. The topological polar surface area (TPSA) is 73.0 Å². The van der Waals surface area contributed by atoms with Crippen LogP contribution < -0.4 is 5.32 Å². The number of halogens is 3. The lowest BCUT2D eigenvalue weighted by atomic mass is 10.1. The Morgan fingerprint density at radius 2 is 1.77 bits per heavy atom. The number of rotatable bonds is 5. The maximum Gasteiger partial charge on any atom is 0.416 e. The summed E-state index contributed by atoms with van der Waals surface area (Å²) in [6.07, 6.45) is -0.620. The first-order chi connectivity index (χ1) is 14.4. The summed E-state index contributed by atoms with van der Waals surface area (Å²) < 4.78 is 45.3. The SMILES string of the molecule is O=C(NCc1cccc(C(F)(F)F)c1)c1nc(-c2ccc(-n3cccc3)cc2)no1. The van der Waals surface area contributed by atoms with Crippen molar-refractivity contribution in [3.8, 4) is 17.1 Å². The molecule has 152 valence electrons. The summed E-state index contributed by atoms with van der Waals surface area (Å²) in [5.74, 6) is -0.708. The summed E-state index contributed by atoms with van der Waals surface area (Å²) in [5, 5.41) is 6.28. The molecule has 0 atom stereocenters. The summed E-state index contributed by atoms with van der Waals surface area (Å²) in [5.41, 5.74) is 1.13. The van der Waals surface area contributed by atoms with Crippen molar-refractivity contribution in [1.82, 2.24) is 20.0 Å². The van der Waals surface area contributed by atoms with Gasteiger partial charge >= 0.3 is 18.0 Å². The number of nitrogens with zero attached hydrogens (tertiary/aromatic N) is 3. The van der Waals surface area contributed by atoms with Crippen molar-refractivity contribution in [3.63, 3.8) is 0 Å². The lowest BCUT2D eigenvalue weighted by molar-refractivity contribution is -0.137. The Labute approximate surface area is 169 Å². The fraction of sp³-hybridized carbons (Fsp3) is 0.0952. The Morgan fingerprint density at radius 1 is 1.03 bits per heavy atom. The molecule has 0 aliphatic carbocycles. The molecule has 0 radical (unpaired) electrons. The summed E-state index contributed by atoms with van der Waals surface area (Å²) in [6.45, 7) is -0.105. The van der Waals surface area contributed by atoms with Crippen molar-refractivity contribution >= 4 is 5.91 Å². The van der Waals surface area contributed by atoms with Gasteiger partial charge in [-0.2, -0.15) is 18.2 Å². The number of nitrogens with one attached hydrogen (secondary N) is 1. The molecular formula is C21H15F3N4O2. The van der Waals surface area contributed by atoms with Gasteiger partial charge in [0.1, 0.15) is 0 Å². The van der Waals surface area contributed by atoms with Gasteiger partial charge in [-0.25, -0.2) is 0 Å². The molecule has 2 aromatic carbocycles. The molecule has 4 aromatic rings. The maximum atomic E-state index is 12.8. The molecule has 9 heteroatoms. The van der Waals surface area contributed by atoms with E-state index in [1.807, 2.05) is 41.2 Å². The van der Waals surface area contributed by atoms with Crippen molar-refractivity contribution < 1.29 is 22.5 Å². The van der Waals surface area contributed by atoms with Crippen molar-refractivity contribution in [1.29, 1.82) is 0 Å². The van der Waals surface area contributed by atoms with Crippen LogP contribution in [0.5, 0.6) is 0 Å². The number of hydrogen-bond donors (Lipinski definition) is 1. The van der Waals surface area contributed by atoms with Crippen molar-refractivity contribution in [3.05, 3.63) is 90.1 Å². The first-order valence-electron chi connectivity index (χ1n) is 8.92. The quantitative estimate of drug-likeness (QED) is 0.525. The molecule has 30 heavy (non-hydrogen) atoms. The van der Waals surface area contributed by atoms with E-state index in [4.69, 9.17) is 4.52 Å². The molecule has 1 N–H and O–H groups in total. The van der Waals surface area contributed by atoms with Crippen LogP contribution in [0.25, 0.3) is 17.1 Å². The highest BCUT2D eigenvalue weighted by Gasteiger charge is 2.30. The first-order valence-corrected chi connectivity index (χ1v) is 8.92. The molecule has 6 nitrogen and oxygen atoms in total. The highest BCUT2D eigenvalue weighted by atomic mass is 19.4. The minimum atomic E-state index is -4.45. The van der Waals surface area contributed by atoms with Gasteiger partial charge in [0.05, 0.1) is 5.56 Å². The molecule has 0 fully saturated rings. The van der Waals surface area contributed by atoms with Gasteiger partial charge in [-0.05, 0) is 54.1 Å². The van der Waals surface area contributed by atoms with E-state index in [9.17, 15) is 18.0 Å². The molecule has 1 amide bonds. The van der Waals surface area contributed by atoms with Crippen molar-refractivity contribution in [2.24, 2.45) is 0 Å². The number of aromatic nitrogens is 3. The molecule has 0 saturated carbocycles.